The number of aromatic nitrogens is 1. The van der Waals surface area contributed by atoms with E-state index in [1.807, 2.05) is 12.1 Å². The van der Waals surface area contributed by atoms with E-state index in [0.717, 1.165) is 36.0 Å². The van der Waals surface area contributed by atoms with Crippen molar-refractivity contribution in [2.75, 3.05) is 6.54 Å². The van der Waals surface area contributed by atoms with Gasteiger partial charge in [-0.1, -0.05) is 48.5 Å². The highest BCUT2D eigenvalue weighted by Gasteiger charge is 2.53. The Balaban J connectivity index is 1.77. The number of nitrogens with one attached hydrogen (secondary N) is 1. The molecule has 0 bridgehead atoms. The lowest BCUT2D eigenvalue weighted by Crippen LogP contribution is -2.39. The topological polar surface area (TPSA) is 36.1 Å². The summed E-state index contributed by atoms with van der Waals surface area (Å²) in [4.78, 5) is 18.8. The molecule has 1 fully saturated rings. The first kappa shape index (κ1) is 14.1. The van der Waals surface area contributed by atoms with Gasteiger partial charge in [-0.2, -0.15) is 0 Å². The number of nitrogens with zero attached hydrogens (tertiary/aromatic N) is 1. The molecule has 0 spiro atoms. The molecule has 126 valence electrons. The second-order valence-corrected chi connectivity index (χ2v) is 7.36. The predicted molar refractivity (Wildman–Crippen MR) is 103 cm³/mol. The molecule has 3 heteroatoms. The maximum absolute atomic E-state index is 13.1. The number of H-pyrrole nitrogens is 1. The van der Waals surface area contributed by atoms with Crippen LogP contribution in [-0.2, 0) is 5.54 Å². The minimum Gasteiger partial charge on any atom is -0.355 e. The molecule has 0 saturated carbocycles. The molecule has 3 aromatic carbocycles. The van der Waals surface area contributed by atoms with Crippen molar-refractivity contribution in [2.45, 2.75) is 18.4 Å². The van der Waals surface area contributed by atoms with Crippen molar-refractivity contribution >= 4 is 27.7 Å². The van der Waals surface area contributed by atoms with Crippen LogP contribution in [0, 0.1) is 0 Å². The Morgan fingerprint density at radius 2 is 1.62 bits per heavy atom. The van der Waals surface area contributed by atoms with Gasteiger partial charge in [0.1, 0.15) is 0 Å². The summed E-state index contributed by atoms with van der Waals surface area (Å²) in [5.41, 5.74) is 5.24. The number of aromatic amines is 1. The second kappa shape index (κ2) is 4.76. The first-order valence-electron chi connectivity index (χ1n) is 9.22. The largest absolute Gasteiger partial charge is 0.355 e. The molecule has 1 atom stereocenters. The van der Waals surface area contributed by atoms with Gasteiger partial charge in [-0.3, -0.25) is 4.79 Å². The first-order chi connectivity index (χ1) is 12.8. The lowest BCUT2D eigenvalue weighted by atomic mass is 9.79. The maximum Gasteiger partial charge on any atom is 0.255 e. The molecule has 3 heterocycles. The highest BCUT2D eigenvalue weighted by molar-refractivity contribution is 6.11. The fourth-order valence-electron chi connectivity index (χ4n) is 5.22. The fourth-order valence-corrected chi connectivity index (χ4v) is 5.22. The summed E-state index contributed by atoms with van der Waals surface area (Å²) in [6.45, 7) is 0.826. The van der Waals surface area contributed by atoms with Crippen LogP contribution in [0.4, 0.5) is 0 Å². The number of hydrogen-bond acceptors (Lipinski definition) is 1. The quantitative estimate of drug-likeness (QED) is 0.531. The number of amides is 1. The third-order valence-electron chi connectivity index (χ3n) is 6.21. The van der Waals surface area contributed by atoms with Crippen molar-refractivity contribution in [1.29, 1.82) is 0 Å². The van der Waals surface area contributed by atoms with Crippen LogP contribution in [-0.4, -0.2) is 22.3 Å². The van der Waals surface area contributed by atoms with E-state index in [1.54, 1.807) is 0 Å². The molecule has 1 aromatic heterocycles. The van der Waals surface area contributed by atoms with Gasteiger partial charge in [-0.05, 0) is 42.2 Å². The predicted octanol–water partition coefficient (Wildman–Crippen LogP) is 4.81. The molecule has 0 aliphatic carbocycles. The SMILES string of the molecule is O=C1c2ccccc2C2(c3cccc4[nH]c5ccccc5c34)CCCN12. The fraction of sp³-hybridized carbons (Fsp3) is 0.174. The lowest BCUT2D eigenvalue weighted by molar-refractivity contribution is 0.0713. The van der Waals surface area contributed by atoms with Gasteiger partial charge in [-0.15, -0.1) is 0 Å². The average Bonchev–Trinajstić information content (AvgIpc) is 3.34. The summed E-state index contributed by atoms with van der Waals surface area (Å²) in [5, 5.41) is 2.48. The van der Waals surface area contributed by atoms with Gasteiger partial charge in [-0.25, -0.2) is 0 Å². The van der Waals surface area contributed by atoms with Crippen molar-refractivity contribution in [3.63, 3.8) is 0 Å². The van der Waals surface area contributed by atoms with Crippen LogP contribution < -0.4 is 0 Å². The third-order valence-corrected chi connectivity index (χ3v) is 6.21. The molecule has 4 aromatic rings. The van der Waals surface area contributed by atoms with Crippen LogP contribution in [0.3, 0.4) is 0 Å². The van der Waals surface area contributed by atoms with Gasteiger partial charge < -0.3 is 9.88 Å². The smallest absolute Gasteiger partial charge is 0.255 e. The van der Waals surface area contributed by atoms with E-state index in [-0.39, 0.29) is 11.4 Å². The molecular weight excluding hydrogens is 320 g/mol. The van der Waals surface area contributed by atoms with Crippen LogP contribution in [0.2, 0.25) is 0 Å². The normalized spacial score (nSPS) is 21.5. The van der Waals surface area contributed by atoms with Crippen LogP contribution >= 0.6 is 0 Å². The standard InChI is InChI=1S/C23H18N2O/c26-22-15-7-1-3-9-17(15)23(13-6-14-25(22)23)18-10-5-12-20-21(18)16-8-2-4-11-19(16)24-20/h1-5,7-12,24H,6,13-14H2. The van der Waals surface area contributed by atoms with E-state index in [1.165, 1.54) is 21.9 Å². The lowest BCUT2D eigenvalue weighted by Gasteiger charge is -2.34. The van der Waals surface area contributed by atoms with Gasteiger partial charge in [0.25, 0.3) is 5.91 Å². The molecule has 2 aliphatic rings. The summed E-state index contributed by atoms with van der Waals surface area (Å²) in [6, 6.07) is 23.1. The van der Waals surface area contributed by atoms with E-state index in [0.29, 0.717) is 0 Å². The Hall–Kier alpha value is -3.07. The Kier molecular flexibility index (Phi) is 2.59. The van der Waals surface area contributed by atoms with E-state index >= 15 is 0 Å². The zero-order chi connectivity index (χ0) is 17.3. The third kappa shape index (κ3) is 1.52. The zero-order valence-electron chi connectivity index (χ0n) is 14.3. The summed E-state index contributed by atoms with van der Waals surface area (Å²) < 4.78 is 0. The summed E-state index contributed by atoms with van der Waals surface area (Å²) in [6.07, 6.45) is 2.02. The molecule has 26 heavy (non-hydrogen) atoms. The highest BCUT2D eigenvalue weighted by atomic mass is 16.2. The molecule has 1 amide bonds. The Morgan fingerprint density at radius 1 is 0.846 bits per heavy atom. The van der Waals surface area contributed by atoms with E-state index in [4.69, 9.17) is 0 Å². The van der Waals surface area contributed by atoms with Crippen molar-refractivity contribution in [3.05, 3.63) is 83.4 Å². The van der Waals surface area contributed by atoms with Gasteiger partial charge in [0.15, 0.2) is 0 Å². The van der Waals surface area contributed by atoms with Crippen LogP contribution in [0.25, 0.3) is 21.8 Å². The number of para-hydroxylation sites is 1. The van der Waals surface area contributed by atoms with Gasteiger partial charge >= 0.3 is 0 Å². The number of fused-ring (bicyclic) bond motifs is 6. The average molecular weight is 338 g/mol. The number of carbonyl (C=O) groups excluding carboxylic acids is 1. The second-order valence-electron chi connectivity index (χ2n) is 7.36. The summed E-state index contributed by atoms with van der Waals surface area (Å²) in [5.74, 6) is 0.176. The Labute approximate surface area is 151 Å². The van der Waals surface area contributed by atoms with E-state index in [2.05, 4.69) is 64.5 Å². The van der Waals surface area contributed by atoms with Gasteiger partial charge in [0, 0.05) is 33.9 Å². The molecule has 3 nitrogen and oxygen atoms in total. The molecule has 0 radical (unpaired) electrons. The molecule has 1 saturated heterocycles. The molecular formula is C23H18N2O. The number of benzene rings is 3. The maximum atomic E-state index is 13.1. The molecule has 2 aliphatic heterocycles. The number of carbonyl (C=O) groups is 1. The monoisotopic (exact) mass is 338 g/mol. The van der Waals surface area contributed by atoms with Crippen molar-refractivity contribution in [1.82, 2.24) is 9.88 Å². The van der Waals surface area contributed by atoms with E-state index < -0.39 is 0 Å². The highest BCUT2D eigenvalue weighted by Crippen LogP contribution is 2.53. The van der Waals surface area contributed by atoms with Crippen molar-refractivity contribution < 1.29 is 4.79 Å². The Bertz CT molecular complexity index is 1210. The van der Waals surface area contributed by atoms with E-state index in [9.17, 15) is 4.79 Å². The van der Waals surface area contributed by atoms with Crippen molar-refractivity contribution in [2.24, 2.45) is 0 Å². The number of hydrogen-bond donors (Lipinski definition) is 1. The minimum atomic E-state index is -0.335. The van der Waals surface area contributed by atoms with Gasteiger partial charge in [0.05, 0.1) is 5.54 Å². The van der Waals surface area contributed by atoms with Crippen molar-refractivity contribution in [3.8, 4) is 0 Å². The summed E-state index contributed by atoms with van der Waals surface area (Å²) in [7, 11) is 0. The minimum absolute atomic E-state index is 0.176. The van der Waals surface area contributed by atoms with Crippen LogP contribution in [0.5, 0.6) is 0 Å². The number of rotatable bonds is 1. The zero-order valence-corrected chi connectivity index (χ0v) is 14.3. The molecule has 1 N–H and O–H groups in total. The van der Waals surface area contributed by atoms with Gasteiger partial charge in [0.2, 0.25) is 0 Å². The summed E-state index contributed by atoms with van der Waals surface area (Å²) >= 11 is 0. The van der Waals surface area contributed by atoms with Crippen LogP contribution in [0.15, 0.2) is 66.7 Å². The molecule has 1 unspecified atom stereocenters. The Morgan fingerprint density at radius 3 is 2.58 bits per heavy atom. The molecule has 6 rings (SSSR count). The first-order valence-corrected chi connectivity index (χ1v) is 9.22. The van der Waals surface area contributed by atoms with Crippen LogP contribution in [0.1, 0.15) is 34.3 Å².